The van der Waals surface area contributed by atoms with Gasteiger partial charge in [-0.1, -0.05) is 18.9 Å². The predicted octanol–water partition coefficient (Wildman–Crippen LogP) is 4.09. The summed E-state index contributed by atoms with van der Waals surface area (Å²) in [6.07, 6.45) is 3.35. The molecular weight excluding hydrogens is 167 g/mol. The molecule has 2 heteroatoms. The molecule has 1 nitrogen and oxygen atoms in total. The van der Waals surface area contributed by atoms with Crippen molar-refractivity contribution in [2.24, 2.45) is 0 Å². The zero-order valence-electron chi connectivity index (χ0n) is 8.98. The van der Waals surface area contributed by atoms with E-state index in [0.717, 1.165) is 12.8 Å². The summed E-state index contributed by atoms with van der Waals surface area (Å²) < 4.78 is 11.8. The van der Waals surface area contributed by atoms with E-state index in [1.54, 1.807) is 0 Å². The lowest BCUT2D eigenvalue weighted by atomic mass is 10.2. The van der Waals surface area contributed by atoms with Crippen LogP contribution in [-0.2, 0) is 4.57 Å². The second-order valence-electron chi connectivity index (χ2n) is 3.90. The summed E-state index contributed by atoms with van der Waals surface area (Å²) in [6, 6.07) is 0. The molecule has 0 bridgehead atoms. The molecule has 0 aliphatic carbocycles. The Morgan fingerprint density at radius 2 is 1.75 bits per heavy atom. The van der Waals surface area contributed by atoms with E-state index in [-0.39, 0.29) is 0 Å². The summed E-state index contributed by atoms with van der Waals surface area (Å²) >= 11 is 0. The van der Waals surface area contributed by atoms with Crippen LogP contribution in [0.1, 0.15) is 40.0 Å². The van der Waals surface area contributed by atoms with Crippen molar-refractivity contribution >= 4 is 7.14 Å². The molecule has 0 aromatic carbocycles. The van der Waals surface area contributed by atoms with Crippen LogP contribution in [0, 0.1) is 0 Å². The Labute approximate surface area is 76.6 Å². The van der Waals surface area contributed by atoms with Gasteiger partial charge in [0.2, 0.25) is 0 Å². The highest BCUT2D eigenvalue weighted by Gasteiger charge is 2.14. The molecule has 0 spiro atoms. The number of rotatable bonds is 4. The fourth-order valence-electron chi connectivity index (χ4n) is 1.40. The standard InChI is InChI=1S/C10H21OP/c1-6-7-8-10(9(2)3)12(4,5)11/h6-8H2,1-5H3. The maximum atomic E-state index is 11.8. The number of unbranched alkanes of at least 4 members (excludes halogenated alkanes) is 1. The average molecular weight is 188 g/mol. The quantitative estimate of drug-likeness (QED) is 0.607. The van der Waals surface area contributed by atoms with Gasteiger partial charge in [0.25, 0.3) is 0 Å². The monoisotopic (exact) mass is 188 g/mol. The zero-order chi connectivity index (χ0) is 9.78. The van der Waals surface area contributed by atoms with Crippen LogP contribution in [0.15, 0.2) is 10.9 Å². The molecule has 0 saturated heterocycles. The van der Waals surface area contributed by atoms with Crippen LogP contribution in [0.5, 0.6) is 0 Å². The number of hydrogen-bond acceptors (Lipinski definition) is 1. The molecule has 0 heterocycles. The Kier molecular flexibility index (Phi) is 4.85. The molecule has 0 aromatic rings. The maximum absolute atomic E-state index is 11.8. The summed E-state index contributed by atoms with van der Waals surface area (Å²) in [5, 5.41) is 1.20. The van der Waals surface area contributed by atoms with Crippen molar-refractivity contribution in [2.45, 2.75) is 40.0 Å². The van der Waals surface area contributed by atoms with Gasteiger partial charge >= 0.3 is 0 Å². The first-order chi connectivity index (χ1) is 5.39. The van der Waals surface area contributed by atoms with Crippen LogP contribution in [-0.4, -0.2) is 13.3 Å². The first kappa shape index (κ1) is 12.0. The Balaban J connectivity index is 4.50. The van der Waals surface area contributed by atoms with Crippen LogP contribution >= 0.6 is 7.14 Å². The van der Waals surface area contributed by atoms with E-state index in [2.05, 4.69) is 20.8 Å². The lowest BCUT2D eigenvalue weighted by molar-refractivity contribution is 0.584. The Bertz CT molecular complexity index is 206. The van der Waals surface area contributed by atoms with Gasteiger partial charge in [-0.05, 0) is 45.3 Å². The zero-order valence-corrected chi connectivity index (χ0v) is 9.87. The van der Waals surface area contributed by atoms with E-state index in [4.69, 9.17) is 0 Å². The molecule has 0 aliphatic rings. The lowest BCUT2D eigenvalue weighted by Gasteiger charge is -2.13. The summed E-state index contributed by atoms with van der Waals surface area (Å²) in [5.74, 6) is 0. The van der Waals surface area contributed by atoms with Gasteiger partial charge in [-0.3, -0.25) is 0 Å². The summed E-state index contributed by atoms with van der Waals surface area (Å²) in [7, 11) is -1.98. The molecule has 0 atom stereocenters. The fourth-order valence-corrected chi connectivity index (χ4v) is 3.18. The van der Waals surface area contributed by atoms with E-state index < -0.39 is 7.14 Å². The van der Waals surface area contributed by atoms with Crippen LogP contribution in [0.3, 0.4) is 0 Å². The van der Waals surface area contributed by atoms with Crippen molar-refractivity contribution < 1.29 is 4.57 Å². The van der Waals surface area contributed by atoms with Gasteiger partial charge in [0.1, 0.15) is 7.14 Å². The van der Waals surface area contributed by atoms with Gasteiger partial charge < -0.3 is 4.57 Å². The molecule has 0 saturated carbocycles. The van der Waals surface area contributed by atoms with Crippen molar-refractivity contribution in [3.8, 4) is 0 Å². The topological polar surface area (TPSA) is 17.1 Å². The van der Waals surface area contributed by atoms with Gasteiger partial charge in [-0.2, -0.15) is 0 Å². The minimum atomic E-state index is -1.98. The van der Waals surface area contributed by atoms with E-state index in [1.807, 2.05) is 13.3 Å². The molecule has 12 heavy (non-hydrogen) atoms. The highest BCUT2D eigenvalue weighted by Crippen LogP contribution is 2.49. The van der Waals surface area contributed by atoms with E-state index in [0.29, 0.717) is 0 Å². The molecule has 0 fully saturated rings. The van der Waals surface area contributed by atoms with Gasteiger partial charge in [0.05, 0.1) is 0 Å². The lowest BCUT2D eigenvalue weighted by Crippen LogP contribution is -1.88. The Hall–Kier alpha value is -0.0300. The van der Waals surface area contributed by atoms with Crippen molar-refractivity contribution in [3.63, 3.8) is 0 Å². The minimum absolute atomic E-state index is 1.02. The second kappa shape index (κ2) is 4.87. The first-order valence-electron chi connectivity index (χ1n) is 4.61. The molecule has 0 radical (unpaired) electrons. The first-order valence-corrected chi connectivity index (χ1v) is 7.21. The highest BCUT2D eigenvalue weighted by atomic mass is 31.2. The molecule has 0 aliphatic heterocycles. The fraction of sp³-hybridized carbons (Fsp3) is 0.800. The van der Waals surface area contributed by atoms with E-state index in [9.17, 15) is 4.57 Å². The molecular formula is C10H21OP. The molecule has 0 unspecified atom stereocenters. The number of hydrogen-bond donors (Lipinski definition) is 0. The largest absolute Gasteiger partial charge is 0.320 e. The van der Waals surface area contributed by atoms with Crippen molar-refractivity contribution in [1.29, 1.82) is 0 Å². The van der Waals surface area contributed by atoms with Gasteiger partial charge in [-0.25, -0.2) is 0 Å². The average Bonchev–Trinajstić information content (AvgIpc) is 1.84. The summed E-state index contributed by atoms with van der Waals surface area (Å²) in [5.41, 5.74) is 1.25. The molecule has 0 N–H and O–H groups in total. The van der Waals surface area contributed by atoms with E-state index >= 15 is 0 Å². The summed E-state index contributed by atoms with van der Waals surface area (Å²) in [6.45, 7) is 10.0. The highest BCUT2D eigenvalue weighted by molar-refractivity contribution is 7.66. The number of allylic oxidation sites excluding steroid dienone is 2. The maximum Gasteiger partial charge on any atom is 0.105 e. The van der Waals surface area contributed by atoms with Gasteiger partial charge in [-0.15, -0.1) is 0 Å². The third-order valence-electron chi connectivity index (χ3n) is 1.99. The molecule has 0 amide bonds. The van der Waals surface area contributed by atoms with E-state index in [1.165, 1.54) is 17.3 Å². The van der Waals surface area contributed by atoms with Crippen LogP contribution in [0.4, 0.5) is 0 Å². The summed E-state index contributed by atoms with van der Waals surface area (Å²) in [4.78, 5) is 0. The smallest absolute Gasteiger partial charge is 0.105 e. The van der Waals surface area contributed by atoms with Crippen LogP contribution in [0.2, 0.25) is 0 Å². The Morgan fingerprint density at radius 3 is 2.00 bits per heavy atom. The Morgan fingerprint density at radius 1 is 1.25 bits per heavy atom. The third kappa shape index (κ3) is 4.11. The van der Waals surface area contributed by atoms with Crippen molar-refractivity contribution in [1.82, 2.24) is 0 Å². The van der Waals surface area contributed by atoms with Crippen molar-refractivity contribution in [3.05, 3.63) is 10.9 Å². The van der Waals surface area contributed by atoms with Crippen LogP contribution < -0.4 is 0 Å². The van der Waals surface area contributed by atoms with Gasteiger partial charge in [0, 0.05) is 0 Å². The molecule has 0 aromatic heterocycles. The predicted molar refractivity (Wildman–Crippen MR) is 57.4 cm³/mol. The van der Waals surface area contributed by atoms with Crippen LogP contribution in [0.25, 0.3) is 0 Å². The minimum Gasteiger partial charge on any atom is -0.320 e. The normalized spacial score (nSPS) is 11.4. The third-order valence-corrected chi connectivity index (χ3v) is 3.97. The van der Waals surface area contributed by atoms with Gasteiger partial charge in [0.15, 0.2) is 0 Å². The van der Waals surface area contributed by atoms with Crippen molar-refractivity contribution in [2.75, 3.05) is 13.3 Å². The molecule has 0 rings (SSSR count). The second-order valence-corrected chi connectivity index (χ2v) is 7.14. The SMILES string of the molecule is CCCCC(=C(C)C)P(C)(C)=O. The molecule has 72 valence electrons.